The average molecular weight is 243 g/mol. The van der Waals surface area contributed by atoms with Crippen molar-refractivity contribution >= 4 is 17.6 Å². The van der Waals surface area contributed by atoms with E-state index in [4.69, 9.17) is 4.74 Å². The molecule has 0 saturated carbocycles. The molecule has 0 aliphatic carbocycles. The fourth-order valence-electron chi connectivity index (χ4n) is 0.766. The van der Waals surface area contributed by atoms with E-state index in [9.17, 15) is 0 Å². The van der Waals surface area contributed by atoms with Crippen LogP contribution in [0.2, 0.25) is 0 Å². The second kappa shape index (κ2) is 13.1. The Bertz CT molecular complexity index is 214. The van der Waals surface area contributed by atoms with E-state index in [2.05, 4.69) is 4.72 Å². The van der Waals surface area contributed by atoms with E-state index in [1.54, 1.807) is 19.1 Å². The van der Waals surface area contributed by atoms with Gasteiger partial charge in [0.2, 0.25) is 0 Å². The first-order chi connectivity index (χ1) is 5.93. The highest BCUT2D eigenvalue weighted by Crippen LogP contribution is 2.10. The summed E-state index contributed by atoms with van der Waals surface area (Å²) in [5, 5.41) is 0. The average Bonchev–Trinajstić information content (AvgIpc) is 2.14. The largest absolute Gasteiger partial charge is 0.384 e. The molecule has 0 bridgehead atoms. The molecule has 0 spiro atoms. The Morgan fingerprint density at radius 2 is 1.73 bits per heavy atom. The molecule has 1 aromatic rings. The summed E-state index contributed by atoms with van der Waals surface area (Å²) < 4.78 is 8.14. The lowest BCUT2D eigenvalue weighted by Gasteiger charge is -2.03. The van der Waals surface area contributed by atoms with Crippen molar-refractivity contribution in [2.75, 3.05) is 24.2 Å². The molecular formula is C9H16F3NOS. The first-order valence-electron chi connectivity index (χ1n) is 3.85. The standard InChI is InChI=1S/C9H13NOS.3FH/c1-11-7-8-12-10-9-5-3-2-4-6-9;;;/h2-6,10H,7-8H2,1H3;3*1H. The van der Waals surface area contributed by atoms with Gasteiger partial charge in [-0.05, 0) is 12.1 Å². The molecule has 0 aliphatic rings. The first kappa shape index (κ1) is 19.7. The molecule has 90 valence electrons. The number of ether oxygens (including phenoxy) is 1. The third kappa shape index (κ3) is 9.42. The van der Waals surface area contributed by atoms with Crippen molar-refractivity contribution in [3.63, 3.8) is 0 Å². The molecule has 0 amide bonds. The number of para-hydroxylation sites is 1. The molecule has 1 rings (SSSR count). The predicted molar refractivity (Wildman–Crippen MR) is 61.9 cm³/mol. The number of benzene rings is 1. The summed E-state index contributed by atoms with van der Waals surface area (Å²) >= 11 is 1.66. The van der Waals surface area contributed by atoms with Crippen molar-refractivity contribution in [2.45, 2.75) is 0 Å². The quantitative estimate of drug-likeness (QED) is 0.634. The molecule has 0 atom stereocenters. The van der Waals surface area contributed by atoms with Crippen LogP contribution < -0.4 is 4.72 Å². The van der Waals surface area contributed by atoms with Crippen LogP contribution in [-0.2, 0) is 4.74 Å². The van der Waals surface area contributed by atoms with Crippen LogP contribution in [0.3, 0.4) is 0 Å². The summed E-state index contributed by atoms with van der Waals surface area (Å²) in [6.07, 6.45) is 0. The molecule has 0 saturated heterocycles. The van der Waals surface area contributed by atoms with Crippen molar-refractivity contribution in [2.24, 2.45) is 0 Å². The van der Waals surface area contributed by atoms with Crippen LogP contribution in [0.1, 0.15) is 0 Å². The Morgan fingerprint density at radius 1 is 1.13 bits per heavy atom. The maximum atomic E-state index is 4.92. The van der Waals surface area contributed by atoms with E-state index in [0.29, 0.717) is 0 Å². The Balaban J connectivity index is -0.000000480. The van der Waals surface area contributed by atoms with Gasteiger partial charge >= 0.3 is 0 Å². The Labute approximate surface area is 91.6 Å². The third-order valence-corrected chi connectivity index (χ3v) is 2.10. The van der Waals surface area contributed by atoms with Gasteiger partial charge < -0.3 is 9.46 Å². The van der Waals surface area contributed by atoms with E-state index in [1.165, 1.54) is 0 Å². The Kier molecular flexibility index (Phi) is 17.2. The zero-order valence-electron chi connectivity index (χ0n) is 8.34. The number of halogens is 3. The van der Waals surface area contributed by atoms with Crippen LogP contribution in [0.15, 0.2) is 30.3 Å². The molecule has 2 nitrogen and oxygen atoms in total. The van der Waals surface area contributed by atoms with Crippen molar-refractivity contribution in [3.05, 3.63) is 30.3 Å². The highest BCUT2D eigenvalue weighted by Gasteiger charge is 1.88. The zero-order chi connectivity index (χ0) is 8.65. The van der Waals surface area contributed by atoms with Gasteiger partial charge in [-0.1, -0.05) is 30.1 Å². The lowest BCUT2D eigenvalue weighted by atomic mass is 10.3. The number of hydrogen-bond acceptors (Lipinski definition) is 3. The molecule has 0 heterocycles. The number of methoxy groups -OCH3 is 1. The van der Waals surface area contributed by atoms with E-state index in [-0.39, 0.29) is 14.1 Å². The number of nitrogens with one attached hydrogen (secondary N) is 1. The minimum atomic E-state index is 0. The van der Waals surface area contributed by atoms with Crippen molar-refractivity contribution in [1.29, 1.82) is 0 Å². The van der Waals surface area contributed by atoms with E-state index >= 15 is 0 Å². The molecule has 1 aromatic carbocycles. The highest BCUT2D eigenvalue weighted by atomic mass is 32.2. The molecule has 0 radical (unpaired) electrons. The van der Waals surface area contributed by atoms with Gasteiger partial charge in [-0.25, -0.2) is 0 Å². The molecule has 0 unspecified atom stereocenters. The lowest BCUT2D eigenvalue weighted by Crippen LogP contribution is -1.95. The zero-order valence-corrected chi connectivity index (χ0v) is 9.16. The third-order valence-electron chi connectivity index (χ3n) is 1.35. The van der Waals surface area contributed by atoms with Gasteiger partial charge in [0.1, 0.15) is 0 Å². The molecule has 0 aromatic heterocycles. The van der Waals surface area contributed by atoms with Gasteiger partial charge in [-0.2, -0.15) is 0 Å². The van der Waals surface area contributed by atoms with Crippen LogP contribution in [0.4, 0.5) is 19.8 Å². The van der Waals surface area contributed by atoms with Crippen molar-refractivity contribution < 1.29 is 18.9 Å². The van der Waals surface area contributed by atoms with Gasteiger partial charge in [-0.3, -0.25) is 14.1 Å². The fourth-order valence-corrected chi connectivity index (χ4v) is 1.42. The van der Waals surface area contributed by atoms with Crippen LogP contribution in [0.25, 0.3) is 0 Å². The monoisotopic (exact) mass is 243 g/mol. The maximum absolute atomic E-state index is 4.92. The molecule has 1 N–H and O–H groups in total. The Morgan fingerprint density at radius 3 is 2.27 bits per heavy atom. The van der Waals surface area contributed by atoms with Crippen LogP contribution in [0.5, 0.6) is 0 Å². The minimum Gasteiger partial charge on any atom is -0.384 e. The summed E-state index contributed by atoms with van der Waals surface area (Å²) in [6.45, 7) is 0.782. The van der Waals surface area contributed by atoms with E-state index < -0.39 is 0 Å². The van der Waals surface area contributed by atoms with Gasteiger partial charge in [0.25, 0.3) is 0 Å². The predicted octanol–water partition coefficient (Wildman–Crippen LogP) is 2.85. The SMILES string of the molecule is COCCSNc1ccccc1.F.F.F. The second-order valence-electron chi connectivity index (χ2n) is 2.31. The lowest BCUT2D eigenvalue weighted by molar-refractivity contribution is 0.219. The minimum absolute atomic E-state index is 0. The number of anilines is 1. The number of rotatable bonds is 5. The molecule has 6 heteroatoms. The molecule has 0 aliphatic heterocycles. The van der Waals surface area contributed by atoms with Gasteiger partial charge in [0.15, 0.2) is 0 Å². The van der Waals surface area contributed by atoms with Crippen LogP contribution in [0, 0.1) is 0 Å². The van der Waals surface area contributed by atoms with Gasteiger partial charge in [0, 0.05) is 18.6 Å². The van der Waals surface area contributed by atoms with Crippen molar-refractivity contribution in [3.8, 4) is 0 Å². The smallest absolute Gasteiger partial charge is 0.0570 e. The highest BCUT2D eigenvalue weighted by molar-refractivity contribution is 8.00. The second-order valence-corrected chi connectivity index (χ2v) is 3.21. The van der Waals surface area contributed by atoms with Crippen LogP contribution >= 0.6 is 11.9 Å². The summed E-state index contributed by atoms with van der Waals surface area (Å²) in [4.78, 5) is 0. The molecular weight excluding hydrogens is 227 g/mol. The molecule has 15 heavy (non-hydrogen) atoms. The summed E-state index contributed by atoms with van der Waals surface area (Å²) in [5.41, 5.74) is 1.14. The van der Waals surface area contributed by atoms with Crippen molar-refractivity contribution in [1.82, 2.24) is 0 Å². The topological polar surface area (TPSA) is 21.3 Å². The number of hydrogen-bond donors (Lipinski definition) is 1. The van der Waals surface area contributed by atoms with E-state index in [1.807, 2.05) is 30.3 Å². The first-order valence-corrected chi connectivity index (χ1v) is 4.84. The van der Waals surface area contributed by atoms with E-state index in [0.717, 1.165) is 18.0 Å². The molecule has 0 fully saturated rings. The summed E-state index contributed by atoms with van der Waals surface area (Å²) in [6, 6.07) is 10.1. The van der Waals surface area contributed by atoms with Crippen LogP contribution in [-0.4, -0.2) is 19.5 Å². The Hall–Kier alpha value is -0.880. The maximum Gasteiger partial charge on any atom is 0.0570 e. The van der Waals surface area contributed by atoms with Gasteiger partial charge in [-0.15, -0.1) is 0 Å². The normalized spacial score (nSPS) is 7.80. The summed E-state index contributed by atoms with van der Waals surface area (Å²) in [7, 11) is 1.71. The fraction of sp³-hybridized carbons (Fsp3) is 0.333. The van der Waals surface area contributed by atoms with Gasteiger partial charge in [0.05, 0.1) is 6.61 Å². The summed E-state index contributed by atoms with van der Waals surface area (Å²) in [5.74, 6) is 0.964.